The summed E-state index contributed by atoms with van der Waals surface area (Å²) in [5.41, 5.74) is 3.54. The molecule has 1 N–H and O–H groups in total. The Bertz CT molecular complexity index is 402. The Morgan fingerprint density at radius 2 is 1.94 bits per heavy atom. The molecule has 2 rings (SSSR count). The highest BCUT2D eigenvalue weighted by Gasteiger charge is 2.24. The molecule has 0 spiro atoms. The number of aryl methyl sites for hydroxylation is 1. The summed E-state index contributed by atoms with van der Waals surface area (Å²) < 4.78 is 0. The minimum Gasteiger partial charge on any atom is -0.507 e. The second-order valence-electron chi connectivity index (χ2n) is 4.99. The number of hydrogen-bond donors (Lipinski definition) is 1. The summed E-state index contributed by atoms with van der Waals surface area (Å²) in [4.78, 5) is 2.53. The van der Waals surface area contributed by atoms with Crippen LogP contribution < -0.4 is 0 Å². The smallest absolute Gasteiger partial charge is 0.121 e. The van der Waals surface area contributed by atoms with Crippen molar-refractivity contribution in [3.63, 3.8) is 0 Å². The van der Waals surface area contributed by atoms with E-state index in [1.165, 1.54) is 17.5 Å². The highest BCUT2D eigenvalue weighted by molar-refractivity contribution is 8.93. The summed E-state index contributed by atoms with van der Waals surface area (Å²) in [5, 5.41) is 10.1. The average molecular weight is 314 g/mol. The van der Waals surface area contributed by atoms with Crippen molar-refractivity contribution in [1.29, 1.82) is 0 Å². The van der Waals surface area contributed by atoms with Gasteiger partial charge in [-0.25, -0.2) is 0 Å². The minimum absolute atomic E-state index is 0. The van der Waals surface area contributed by atoms with Crippen molar-refractivity contribution in [2.75, 3.05) is 13.1 Å². The molecule has 0 fully saturated rings. The number of rotatable bonds is 3. The Morgan fingerprint density at radius 3 is 2.56 bits per heavy atom. The van der Waals surface area contributed by atoms with E-state index in [1.54, 1.807) is 0 Å². The van der Waals surface area contributed by atoms with Crippen LogP contribution in [0.5, 0.6) is 5.75 Å². The number of benzene rings is 1. The number of aromatic hydroxyl groups is 1. The Hall–Kier alpha value is -0.540. The summed E-state index contributed by atoms with van der Waals surface area (Å²) in [6.45, 7) is 8.67. The third-order valence-corrected chi connectivity index (χ3v) is 4.09. The summed E-state index contributed by atoms with van der Waals surface area (Å²) in [7, 11) is 0. The van der Waals surface area contributed by atoms with Gasteiger partial charge >= 0.3 is 0 Å². The van der Waals surface area contributed by atoms with E-state index in [-0.39, 0.29) is 17.0 Å². The fourth-order valence-electron chi connectivity index (χ4n) is 2.98. The molecule has 0 aliphatic heterocycles. The van der Waals surface area contributed by atoms with Crippen LogP contribution >= 0.6 is 17.0 Å². The van der Waals surface area contributed by atoms with Gasteiger partial charge in [0.2, 0.25) is 0 Å². The molecule has 0 saturated carbocycles. The molecule has 1 aromatic carbocycles. The number of phenolic OH excluding ortho intramolecular Hbond substituents is 1. The first kappa shape index (κ1) is 15.5. The monoisotopic (exact) mass is 313 g/mol. The third kappa shape index (κ3) is 2.89. The van der Waals surface area contributed by atoms with Crippen molar-refractivity contribution in [3.05, 3.63) is 28.8 Å². The molecule has 102 valence electrons. The second kappa shape index (κ2) is 6.58. The van der Waals surface area contributed by atoms with Crippen LogP contribution in [0.15, 0.2) is 12.1 Å². The van der Waals surface area contributed by atoms with E-state index in [0.29, 0.717) is 11.8 Å². The first-order valence-corrected chi connectivity index (χ1v) is 6.71. The average Bonchev–Trinajstić information content (AvgIpc) is 2.35. The Balaban J connectivity index is 0.00000162. The maximum atomic E-state index is 10.1. The molecule has 1 atom stereocenters. The van der Waals surface area contributed by atoms with Crippen LogP contribution in [0.1, 0.15) is 37.0 Å². The molecule has 2 nitrogen and oxygen atoms in total. The zero-order chi connectivity index (χ0) is 12.4. The topological polar surface area (TPSA) is 23.5 Å². The van der Waals surface area contributed by atoms with Gasteiger partial charge in [0.05, 0.1) is 0 Å². The van der Waals surface area contributed by atoms with Crippen LogP contribution in [0.2, 0.25) is 0 Å². The molecule has 0 aromatic heterocycles. The number of fused-ring (bicyclic) bond motifs is 1. The standard InChI is InChI=1S/C15H23NO.BrH/c1-4-16(5-2)13-8-9-14-12(10-13)7-6-11(3)15(14)17;/h6-7,13,17H,4-5,8-10H2,1-3H3;1H. The van der Waals surface area contributed by atoms with Crippen LogP contribution in [0.3, 0.4) is 0 Å². The van der Waals surface area contributed by atoms with E-state index < -0.39 is 0 Å². The molecular formula is C15H24BrNO. The van der Waals surface area contributed by atoms with Crippen molar-refractivity contribution >= 4 is 17.0 Å². The molecule has 1 aliphatic rings. The molecule has 1 unspecified atom stereocenters. The van der Waals surface area contributed by atoms with Crippen LogP contribution in [-0.4, -0.2) is 29.1 Å². The van der Waals surface area contributed by atoms with E-state index in [2.05, 4.69) is 24.8 Å². The normalized spacial score (nSPS) is 18.3. The number of nitrogens with zero attached hydrogens (tertiary/aromatic N) is 1. The molecule has 3 heteroatoms. The van der Waals surface area contributed by atoms with Crippen molar-refractivity contribution in [3.8, 4) is 5.75 Å². The minimum atomic E-state index is 0. The molecule has 0 bridgehead atoms. The fraction of sp³-hybridized carbons (Fsp3) is 0.600. The molecule has 0 radical (unpaired) electrons. The first-order valence-electron chi connectivity index (χ1n) is 6.71. The van der Waals surface area contributed by atoms with Gasteiger partial charge in [0.15, 0.2) is 0 Å². The molecule has 0 saturated heterocycles. The van der Waals surface area contributed by atoms with Gasteiger partial charge in [-0.2, -0.15) is 0 Å². The predicted molar refractivity (Wildman–Crippen MR) is 81.9 cm³/mol. The van der Waals surface area contributed by atoms with Crippen LogP contribution in [0.4, 0.5) is 0 Å². The lowest BCUT2D eigenvalue weighted by molar-refractivity contribution is 0.198. The van der Waals surface area contributed by atoms with Crippen LogP contribution in [0.25, 0.3) is 0 Å². The van der Waals surface area contributed by atoms with E-state index in [4.69, 9.17) is 0 Å². The van der Waals surface area contributed by atoms with Gasteiger partial charge in [0.25, 0.3) is 0 Å². The number of likely N-dealkylation sites (N-methyl/N-ethyl adjacent to an activating group) is 1. The molecule has 0 heterocycles. The van der Waals surface area contributed by atoms with Crippen molar-refractivity contribution in [2.24, 2.45) is 0 Å². The summed E-state index contributed by atoms with van der Waals surface area (Å²) in [6, 6.07) is 4.89. The Labute approximate surface area is 121 Å². The van der Waals surface area contributed by atoms with E-state index in [1.807, 2.05) is 13.0 Å². The highest BCUT2D eigenvalue weighted by Crippen LogP contribution is 2.32. The molecule has 1 aromatic rings. The molecule has 0 amide bonds. The fourth-order valence-corrected chi connectivity index (χ4v) is 2.98. The zero-order valence-corrected chi connectivity index (χ0v) is 13.3. The lowest BCUT2D eigenvalue weighted by Gasteiger charge is -2.34. The summed E-state index contributed by atoms with van der Waals surface area (Å²) in [5.74, 6) is 0.528. The predicted octanol–water partition coefficient (Wildman–Crippen LogP) is 3.48. The van der Waals surface area contributed by atoms with Gasteiger partial charge in [-0.05, 0) is 56.0 Å². The molecular weight excluding hydrogens is 290 g/mol. The third-order valence-electron chi connectivity index (χ3n) is 4.09. The van der Waals surface area contributed by atoms with Crippen molar-refractivity contribution in [2.45, 2.75) is 46.1 Å². The summed E-state index contributed by atoms with van der Waals surface area (Å²) in [6.07, 6.45) is 3.28. The van der Waals surface area contributed by atoms with Gasteiger partial charge in [0.1, 0.15) is 5.75 Å². The SMILES string of the molecule is Br.CCN(CC)C1CCc2c(ccc(C)c2O)C1. The quantitative estimate of drug-likeness (QED) is 0.923. The molecule has 18 heavy (non-hydrogen) atoms. The van der Waals surface area contributed by atoms with Gasteiger partial charge in [-0.15, -0.1) is 17.0 Å². The zero-order valence-electron chi connectivity index (χ0n) is 11.6. The largest absolute Gasteiger partial charge is 0.507 e. The van der Waals surface area contributed by atoms with Gasteiger partial charge in [-0.3, -0.25) is 0 Å². The lowest BCUT2D eigenvalue weighted by atomic mass is 9.86. The van der Waals surface area contributed by atoms with Gasteiger partial charge < -0.3 is 10.0 Å². The number of halogens is 1. The van der Waals surface area contributed by atoms with Crippen molar-refractivity contribution in [1.82, 2.24) is 4.90 Å². The molecule has 1 aliphatic carbocycles. The van der Waals surface area contributed by atoms with Gasteiger partial charge in [0, 0.05) is 6.04 Å². The van der Waals surface area contributed by atoms with Crippen molar-refractivity contribution < 1.29 is 5.11 Å². The first-order chi connectivity index (χ1) is 8.17. The number of phenols is 1. The maximum absolute atomic E-state index is 10.1. The van der Waals surface area contributed by atoms with E-state index >= 15 is 0 Å². The van der Waals surface area contributed by atoms with E-state index in [9.17, 15) is 5.11 Å². The Kier molecular flexibility index (Phi) is 5.67. The summed E-state index contributed by atoms with van der Waals surface area (Å²) >= 11 is 0. The van der Waals surface area contributed by atoms with E-state index in [0.717, 1.165) is 31.5 Å². The van der Waals surface area contributed by atoms with Crippen LogP contribution in [-0.2, 0) is 12.8 Å². The Morgan fingerprint density at radius 1 is 1.28 bits per heavy atom. The van der Waals surface area contributed by atoms with Gasteiger partial charge in [-0.1, -0.05) is 26.0 Å². The maximum Gasteiger partial charge on any atom is 0.121 e. The number of hydrogen-bond acceptors (Lipinski definition) is 2. The van der Waals surface area contributed by atoms with Crippen LogP contribution in [0, 0.1) is 6.92 Å². The second-order valence-corrected chi connectivity index (χ2v) is 4.99. The lowest BCUT2D eigenvalue weighted by Crippen LogP contribution is -2.39. The highest BCUT2D eigenvalue weighted by atomic mass is 79.9.